The first-order valence-corrected chi connectivity index (χ1v) is 7.57. The Bertz CT molecular complexity index is 392. The van der Waals surface area contributed by atoms with Gasteiger partial charge in [0.25, 0.3) is 0 Å². The SMILES string of the molecule is CCCCNc1ncc(Br)cc1S/C=C(/C)Cl. The molecule has 1 N–H and O–H groups in total. The molecule has 0 aliphatic carbocycles. The maximum Gasteiger partial charge on any atom is 0.140 e. The number of unbranched alkanes of at least 4 members (excludes halogenated alkanes) is 1. The molecule has 1 heterocycles. The van der Waals surface area contributed by atoms with Gasteiger partial charge in [-0.05, 0) is 40.7 Å². The number of aromatic nitrogens is 1. The van der Waals surface area contributed by atoms with E-state index in [2.05, 4.69) is 33.2 Å². The fraction of sp³-hybridized carbons (Fsp3) is 0.417. The summed E-state index contributed by atoms with van der Waals surface area (Å²) in [6.45, 7) is 4.98. The summed E-state index contributed by atoms with van der Waals surface area (Å²) >= 11 is 10.8. The Morgan fingerprint density at radius 2 is 2.41 bits per heavy atom. The third-order valence-electron chi connectivity index (χ3n) is 1.99. The van der Waals surface area contributed by atoms with Gasteiger partial charge in [-0.1, -0.05) is 36.7 Å². The number of nitrogens with zero attached hydrogens (tertiary/aromatic N) is 1. The van der Waals surface area contributed by atoms with Gasteiger partial charge in [-0.3, -0.25) is 0 Å². The van der Waals surface area contributed by atoms with Gasteiger partial charge < -0.3 is 5.32 Å². The second kappa shape index (κ2) is 8.01. The van der Waals surface area contributed by atoms with Gasteiger partial charge in [0.15, 0.2) is 0 Å². The number of anilines is 1. The van der Waals surface area contributed by atoms with E-state index in [0.29, 0.717) is 0 Å². The second-order valence-electron chi connectivity index (χ2n) is 3.60. The van der Waals surface area contributed by atoms with Crippen molar-refractivity contribution < 1.29 is 0 Å². The van der Waals surface area contributed by atoms with Gasteiger partial charge >= 0.3 is 0 Å². The summed E-state index contributed by atoms with van der Waals surface area (Å²) < 4.78 is 0.974. The molecule has 0 spiro atoms. The van der Waals surface area contributed by atoms with Crippen LogP contribution in [-0.4, -0.2) is 11.5 Å². The molecular formula is C12H16BrClN2S. The number of halogens is 2. The first-order valence-electron chi connectivity index (χ1n) is 5.51. The summed E-state index contributed by atoms with van der Waals surface area (Å²) in [5.74, 6) is 0.917. The van der Waals surface area contributed by atoms with Crippen molar-refractivity contribution in [3.05, 3.63) is 27.2 Å². The van der Waals surface area contributed by atoms with Crippen LogP contribution >= 0.6 is 39.3 Å². The Balaban J connectivity index is 2.76. The lowest BCUT2D eigenvalue weighted by atomic mass is 10.3. The molecule has 0 amide bonds. The number of thioether (sulfide) groups is 1. The molecule has 1 aromatic rings. The fourth-order valence-electron chi connectivity index (χ4n) is 1.17. The van der Waals surface area contributed by atoms with Crippen LogP contribution in [0.2, 0.25) is 0 Å². The number of pyridine rings is 1. The minimum atomic E-state index is 0.773. The van der Waals surface area contributed by atoms with E-state index in [-0.39, 0.29) is 0 Å². The van der Waals surface area contributed by atoms with Crippen LogP contribution in [0.4, 0.5) is 5.82 Å². The lowest BCUT2D eigenvalue weighted by Gasteiger charge is -2.09. The number of hydrogen-bond acceptors (Lipinski definition) is 3. The normalized spacial score (nSPS) is 11.6. The standard InChI is InChI=1S/C12H16BrClN2S/c1-3-4-5-15-12-11(17-8-9(2)14)6-10(13)7-16-12/h6-8H,3-5H2,1-2H3,(H,15,16)/b9-8-. The van der Waals surface area contributed by atoms with Crippen molar-refractivity contribution in [3.8, 4) is 0 Å². The van der Waals surface area contributed by atoms with Gasteiger partial charge in [0.1, 0.15) is 5.82 Å². The van der Waals surface area contributed by atoms with Crippen LogP contribution in [0.1, 0.15) is 26.7 Å². The molecule has 0 aromatic carbocycles. The summed E-state index contributed by atoms with van der Waals surface area (Å²) in [6, 6.07) is 2.04. The van der Waals surface area contributed by atoms with E-state index in [9.17, 15) is 0 Å². The van der Waals surface area contributed by atoms with Gasteiger partial charge in [-0.2, -0.15) is 0 Å². The molecule has 0 fully saturated rings. The third-order valence-corrected chi connectivity index (χ3v) is 3.70. The van der Waals surface area contributed by atoms with Crippen molar-refractivity contribution in [2.75, 3.05) is 11.9 Å². The predicted octanol–water partition coefficient (Wildman–Crippen LogP) is 5.25. The zero-order chi connectivity index (χ0) is 12.7. The molecule has 1 rings (SSSR count). The number of rotatable bonds is 6. The highest BCUT2D eigenvalue weighted by atomic mass is 79.9. The van der Waals surface area contributed by atoms with Crippen molar-refractivity contribution in [1.29, 1.82) is 0 Å². The van der Waals surface area contributed by atoms with E-state index >= 15 is 0 Å². The summed E-state index contributed by atoms with van der Waals surface area (Å²) in [4.78, 5) is 5.46. The average Bonchev–Trinajstić information content (AvgIpc) is 2.29. The molecule has 0 atom stereocenters. The van der Waals surface area contributed by atoms with Crippen molar-refractivity contribution in [2.45, 2.75) is 31.6 Å². The summed E-state index contributed by atoms with van der Waals surface area (Å²) in [6.07, 6.45) is 4.12. The second-order valence-corrected chi connectivity index (χ2v) is 6.03. The number of allylic oxidation sites excluding steroid dienone is 1. The Morgan fingerprint density at radius 3 is 3.06 bits per heavy atom. The van der Waals surface area contributed by atoms with Crippen molar-refractivity contribution in [2.24, 2.45) is 0 Å². The van der Waals surface area contributed by atoms with E-state index in [0.717, 1.165) is 33.2 Å². The van der Waals surface area contributed by atoms with E-state index in [1.807, 2.05) is 18.4 Å². The van der Waals surface area contributed by atoms with E-state index in [4.69, 9.17) is 11.6 Å². The highest BCUT2D eigenvalue weighted by molar-refractivity contribution is 9.10. The molecule has 0 unspecified atom stereocenters. The average molecular weight is 336 g/mol. The molecule has 94 valence electrons. The molecule has 0 radical (unpaired) electrons. The molecule has 5 heteroatoms. The maximum atomic E-state index is 5.83. The van der Waals surface area contributed by atoms with Crippen molar-refractivity contribution >= 4 is 45.1 Å². The Morgan fingerprint density at radius 1 is 1.65 bits per heavy atom. The Labute approximate surface area is 120 Å². The highest BCUT2D eigenvalue weighted by Crippen LogP contribution is 2.30. The fourth-order valence-corrected chi connectivity index (χ4v) is 2.51. The van der Waals surface area contributed by atoms with Crippen molar-refractivity contribution in [1.82, 2.24) is 4.98 Å². The monoisotopic (exact) mass is 334 g/mol. The lowest BCUT2D eigenvalue weighted by molar-refractivity contribution is 0.828. The van der Waals surface area contributed by atoms with E-state index in [1.54, 1.807) is 18.0 Å². The Hall–Kier alpha value is -0.190. The van der Waals surface area contributed by atoms with Gasteiger partial charge in [-0.25, -0.2) is 4.98 Å². The molecule has 17 heavy (non-hydrogen) atoms. The largest absolute Gasteiger partial charge is 0.369 e. The van der Waals surface area contributed by atoms with Crippen molar-refractivity contribution in [3.63, 3.8) is 0 Å². The molecule has 0 aliphatic rings. The van der Waals surface area contributed by atoms with Crippen LogP contribution in [0, 0.1) is 0 Å². The molecule has 0 aliphatic heterocycles. The minimum absolute atomic E-state index is 0.773. The first-order chi connectivity index (χ1) is 8.13. The van der Waals surface area contributed by atoms with E-state index in [1.165, 1.54) is 6.42 Å². The van der Waals surface area contributed by atoms with Crippen LogP contribution in [0.15, 0.2) is 32.1 Å². The lowest BCUT2D eigenvalue weighted by Crippen LogP contribution is -2.03. The van der Waals surface area contributed by atoms with E-state index < -0.39 is 0 Å². The number of nitrogens with one attached hydrogen (secondary N) is 1. The smallest absolute Gasteiger partial charge is 0.140 e. The highest BCUT2D eigenvalue weighted by Gasteiger charge is 2.04. The first kappa shape index (κ1) is 14.9. The van der Waals surface area contributed by atoms with Crippen LogP contribution in [-0.2, 0) is 0 Å². The maximum absolute atomic E-state index is 5.83. The topological polar surface area (TPSA) is 24.9 Å². The van der Waals surface area contributed by atoms with Gasteiger partial charge in [0.2, 0.25) is 0 Å². The third kappa shape index (κ3) is 5.80. The van der Waals surface area contributed by atoms with Gasteiger partial charge in [-0.15, -0.1) is 0 Å². The van der Waals surface area contributed by atoms with Crippen LogP contribution in [0.5, 0.6) is 0 Å². The quantitative estimate of drug-likeness (QED) is 0.568. The van der Waals surface area contributed by atoms with Crippen LogP contribution in [0.3, 0.4) is 0 Å². The Kier molecular flexibility index (Phi) is 7.00. The van der Waals surface area contributed by atoms with Crippen LogP contribution < -0.4 is 5.32 Å². The molecule has 0 saturated carbocycles. The van der Waals surface area contributed by atoms with Gasteiger partial charge in [0.05, 0.1) is 4.90 Å². The number of hydrogen-bond donors (Lipinski definition) is 1. The summed E-state index contributed by atoms with van der Waals surface area (Å²) in [5.41, 5.74) is 0. The van der Waals surface area contributed by atoms with Gasteiger partial charge in [0, 0.05) is 22.2 Å². The summed E-state index contributed by atoms with van der Waals surface area (Å²) in [5, 5.41) is 6.03. The molecule has 1 aromatic heterocycles. The molecular weight excluding hydrogens is 320 g/mol. The minimum Gasteiger partial charge on any atom is -0.369 e. The molecule has 2 nitrogen and oxygen atoms in total. The van der Waals surface area contributed by atoms with Crippen LogP contribution in [0.25, 0.3) is 0 Å². The molecule has 0 saturated heterocycles. The zero-order valence-electron chi connectivity index (χ0n) is 9.96. The molecule has 0 bridgehead atoms. The zero-order valence-corrected chi connectivity index (χ0v) is 13.1. The predicted molar refractivity (Wildman–Crippen MR) is 80.8 cm³/mol. The summed E-state index contributed by atoms with van der Waals surface area (Å²) in [7, 11) is 0.